The van der Waals surface area contributed by atoms with E-state index in [4.69, 9.17) is 4.74 Å². The zero-order valence-corrected chi connectivity index (χ0v) is 15.8. The summed E-state index contributed by atoms with van der Waals surface area (Å²) < 4.78 is 7.30. The van der Waals surface area contributed by atoms with Crippen LogP contribution in [0.25, 0.3) is 5.69 Å². The van der Waals surface area contributed by atoms with Crippen molar-refractivity contribution < 1.29 is 9.53 Å². The number of nitrogens with zero attached hydrogens (tertiary/aromatic N) is 2. The van der Waals surface area contributed by atoms with E-state index in [0.717, 1.165) is 30.0 Å². The van der Waals surface area contributed by atoms with Gasteiger partial charge >= 0.3 is 0 Å². The fourth-order valence-corrected chi connectivity index (χ4v) is 2.91. The summed E-state index contributed by atoms with van der Waals surface area (Å²) in [7, 11) is 0. The van der Waals surface area contributed by atoms with Crippen LogP contribution in [0, 0.1) is 6.92 Å². The monoisotopic (exact) mass is 363 g/mol. The first-order valence-electron chi connectivity index (χ1n) is 9.29. The number of carbonyl (C=O) groups is 1. The summed E-state index contributed by atoms with van der Waals surface area (Å²) in [5.41, 5.74) is 3.92. The summed E-state index contributed by atoms with van der Waals surface area (Å²) in [5.74, 6) is 0.717. The van der Waals surface area contributed by atoms with Gasteiger partial charge in [0.2, 0.25) is 0 Å². The summed E-state index contributed by atoms with van der Waals surface area (Å²) in [6.45, 7) is 5.20. The van der Waals surface area contributed by atoms with Gasteiger partial charge in [-0.3, -0.25) is 4.79 Å². The van der Waals surface area contributed by atoms with Crippen LogP contribution in [0.1, 0.15) is 35.0 Å². The number of hydrogen-bond acceptors (Lipinski definition) is 3. The molecule has 1 N–H and O–H groups in total. The second-order valence-corrected chi connectivity index (χ2v) is 6.34. The standard InChI is InChI=1S/C22H25N3O2/c1-3-27-21-13-11-18(12-14-21)22(26)23-15-7-8-19-16-25(24-17(19)2)20-9-5-4-6-10-20/h4-6,9-14,16H,3,7-8,15H2,1-2H3,(H,23,26). The molecule has 0 radical (unpaired) electrons. The molecule has 1 aromatic heterocycles. The average molecular weight is 363 g/mol. The minimum atomic E-state index is -0.0604. The summed E-state index contributed by atoms with van der Waals surface area (Å²) in [4.78, 5) is 12.2. The Balaban J connectivity index is 1.49. The van der Waals surface area contributed by atoms with Gasteiger partial charge in [-0.1, -0.05) is 18.2 Å². The molecule has 5 heteroatoms. The number of benzene rings is 2. The molecule has 0 fully saturated rings. The second kappa shape index (κ2) is 9.03. The number of aromatic nitrogens is 2. The fourth-order valence-electron chi connectivity index (χ4n) is 2.91. The van der Waals surface area contributed by atoms with Crippen LogP contribution in [0.2, 0.25) is 0 Å². The Bertz CT molecular complexity index is 870. The van der Waals surface area contributed by atoms with Gasteiger partial charge in [0.25, 0.3) is 5.91 Å². The van der Waals surface area contributed by atoms with Gasteiger partial charge in [-0.15, -0.1) is 0 Å². The largest absolute Gasteiger partial charge is 0.494 e. The lowest BCUT2D eigenvalue weighted by molar-refractivity contribution is 0.0953. The van der Waals surface area contributed by atoms with E-state index >= 15 is 0 Å². The molecule has 0 atom stereocenters. The van der Waals surface area contributed by atoms with E-state index in [0.29, 0.717) is 18.7 Å². The Labute approximate surface area is 160 Å². The third kappa shape index (κ3) is 4.97. The van der Waals surface area contributed by atoms with Crippen molar-refractivity contribution >= 4 is 5.91 Å². The van der Waals surface area contributed by atoms with E-state index in [1.165, 1.54) is 5.56 Å². The molecule has 0 bridgehead atoms. The molecule has 0 unspecified atom stereocenters. The van der Waals surface area contributed by atoms with Gasteiger partial charge < -0.3 is 10.1 Å². The molecule has 0 aliphatic heterocycles. The topological polar surface area (TPSA) is 56.1 Å². The SMILES string of the molecule is CCOc1ccc(C(=O)NCCCc2cn(-c3ccccc3)nc2C)cc1. The number of hydrogen-bond donors (Lipinski definition) is 1. The Hall–Kier alpha value is -3.08. The number of para-hydroxylation sites is 1. The van der Waals surface area contributed by atoms with Gasteiger partial charge in [0.15, 0.2) is 0 Å². The van der Waals surface area contributed by atoms with Crippen LogP contribution in [0.3, 0.4) is 0 Å². The molecule has 3 rings (SSSR count). The number of aryl methyl sites for hydroxylation is 2. The Kier molecular flexibility index (Phi) is 6.26. The highest BCUT2D eigenvalue weighted by atomic mass is 16.5. The Morgan fingerprint density at radius 3 is 2.56 bits per heavy atom. The molecule has 1 heterocycles. The molecule has 3 aromatic rings. The maximum absolute atomic E-state index is 12.2. The van der Waals surface area contributed by atoms with E-state index < -0.39 is 0 Å². The maximum atomic E-state index is 12.2. The normalized spacial score (nSPS) is 10.6. The molecule has 27 heavy (non-hydrogen) atoms. The number of amides is 1. The van der Waals surface area contributed by atoms with Crippen molar-refractivity contribution in [3.8, 4) is 11.4 Å². The highest BCUT2D eigenvalue weighted by Crippen LogP contribution is 2.14. The predicted molar refractivity (Wildman–Crippen MR) is 107 cm³/mol. The first-order chi connectivity index (χ1) is 13.2. The van der Waals surface area contributed by atoms with Crippen LogP contribution < -0.4 is 10.1 Å². The van der Waals surface area contributed by atoms with Crippen molar-refractivity contribution in [1.82, 2.24) is 15.1 Å². The highest BCUT2D eigenvalue weighted by molar-refractivity contribution is 5.94. The third-order valence-corrected chi connectivity index (χ3v) is 4.36. The molecule has 2 aromatic carbocycles. The van der Waals surface area contributed by atoms with Crippen molar-refractivity contribution in [2.45, 2.75) is 26.7 Å². The molecule has 0 spiro atoms. The summed E-state index contributed by atoms with van der Waals surface area (Å²) >= 11 is 0. The van der Waals surface area contributed by atoms with Crippen LogP contribution >= 0.6 is 0 Å². The second-order valence-electron chi connectivity index (χ2n) is 6.34. The zero-order chi connectivity index (χ0) is 19.1. The minimum Gasteiger partial charge on any atom is -0.494 e. The molecular formula is C22H25N3O2. The van der Waals surface area contributed by atoms with Crippen LogP contribution in [0.15, 0.2) is 60.8 Å². The molecule has 0 saturated heterocycles. The lowest BCUT2D eigenvalue weighted by Crippen LogP contribution is -2.24. The molecular weight excluding hydrogens is 338 g/mol. The number of carbonyl (C=O) groups excluding carboxylic acids is 1. The van der Waals surface area contributed by atoms with Crippen molar-refractivity contribution in [3.05, 3.63) is 77.6 Å². The molecule has 140 valence electrons. The minimum absolute atomic E-state index is 0.0604. The molecule has 5 nitrogen and oxygen atoms in total. The van der Waals surface area contributed by atoms with Gasteiger partial charge in [0.1, 0.15) is 5.75 Å². The predicted octanol–water partition coefficient (Wildman–Crippen LogP) is 3.94. The summed E-state index contributed by atoms with van der Waals surface area (Å²) in [5, 5.41) is 7.55. The van der Waals surface area contributed by atoms with E-state index in [1.54, 1.807) is 12.1 Å². The Morgan fingerprint density at radius 1 is 1.11 bits per heavy atom. The quantitative estimate of drug-likeness (QED) is 0.617. The van der Waals surface area contributed by atoms with Crippen LogP contribution in [-0.2, 0) is 6.42 Å². The highest BCUT2D eigenvalue weighted by Gasteiger charge is 2.08. The molecule has 1 amide bonds. The summed E-state index contributed by atoms with van der Waals surface area (Å²) in [6, 6.07) is 17.3. The van der Waals surface area contributed by atoms with Gasteiger partial charge in [-0.05, 0) is 68.7 Å². The van der Waals surface area contributed by atoms with Gasteiger partial charge in [0.05, 0.1) is 18.0 Å². The van der Waals surface area contributed by atoms with Crippen LogP contribution in [0.4, 0.5) is 0 Å². The molecule has 0 aliphatic carbocycles. The maximum Gasteiger partial charge on any atom is 0.251 e. The molecule has 0 aliphatic rings. The van der Waals surface area contributed by atoms with Gasteiger partial charge in [0, 0.05) is 18.3 Å². The van der Waals surface area contributed by atoms with Crippen LogP contribution in [0.5, 0.6) is 5.75 Å². The van der Waals surface area contributed by atoms with Gasteiger partial charge in [-0.25, -0.2) is 4.68 Å². The fraction of sp³-hybridized carbons (Fsp3) is 0.273. The van der Waals surface area contributed by atoms with Crippen molar-refractivity contribution in [2.24, 2.45) is 0 Å². The number of ether oxygens (including phenoxy) is 1. The van der Waals surface area contributed by atoms with Gasteiger partial charge in [-0.2, -0.15) is 5.10 Å². The van der Waals surface area contributed by atoms with E-state index in [1.807, 2.05) is 61.0 Å². The lowest BCUT2D eigenvalue weighted by Gasteiger charge is -2.06. The lowest BCUT2D eigenvalue weighted by atomic mass is 10.1. The van der Waals surface area contributed by atoms with E-state index in [-0.39, 0.29) is 5.91 Å². The first kappa shape index (κ1) is 18.7. The van der Waals surface area contributed by atoms with E-state index in [2.05, 4.69) is 16.6 Å². The molecule has 0 saturated carbocycles. The first-order valence-corrected chi connectivity index (χ1v) is 9.29. The average Bonchev–Trinajstić information content (AvgIpc) is 3.07. The third-order valence-electron chi connectivity index (χ3n) is 4.36. The zero-order valence-electron chi connectivity index (χ0n) is 15.8. The van der Waals surface area contributed by atoms with Crippen molar-refractivity contribution in [3.63, 3.8) is 0 Å². The van der Waals surface area contributed by atoms with Crippen LogP contribution in [-0.4, -0.2) is 28.8 Å². The number of nitrogens with one attached hydrogen (secondary N) is 1. The number of rotatable bonds is 8. The van der Waals surface area contributed by atoms with Crippen molar-refractivity contribution in [2.75, 3.05) is 13.2 Å². The smallest absolute Gasteiger partial charge is 0.251 e. The summed E-state index contributed by atoms with van der Waals surface area (Å²) in [6.07, 6.45) is 3.81. The van der Waals surface area contributed by atoms with Crippen molar-refractivity contribution in [1.29, 1.82) is 0 Å². The van der Waals surface area contributed by atoms with E-state index in [9.17, 15) is 4.79 Å². The Morgan fingerprint density at radius 2 is 1.85 bits per heavy atom.